The van der Waals surface area contributed by atoms with E-state index in [0.717, 1.165) is 6.42 Å². The molecule has 0 fully saturated rings. The fraction of sp³-hybridized carbons (Fsp3) is 0.500. The second-order valence-electron chi connectivity index (χ2n) is 0.697. The van der Waals surface area contributed by atoms with Crippen molar-refractivity contribution in [2.24, 2.45) is 0 Å². The Morgan fingerprint density at radius 3 is 2.00 bits per heavy atom. The molecule has 1 heteroatoms. The standard InChI is InChI=1S/C4H8.Sn.4H/c1-3-4-2;;;;;/h3H,1,4H2,2H3;;;;;. The summed E-state index contributed by atoms with van der Waals surface area (Å²) in [6.07, 6.45) is 2.96. The van der Waals surface area contributed by atoms with Gasteiger partial charge < -0.3 is 0 Å². The summed E-state index contributed by atoms with van der Waals surface area (Å²) in [5, 5.41) is 0. The van der Waals surface area contributed by atoms with Gasteiger partial charge in [0.15, 0.2) is 0 Å². The van der Waals surface area contributed by atoms with Gasteiger partial charge in [0.1, 0.15) is 0 Å². The van der Waals surface area contributed by atoms with Crippen LogP contribution in [0.4, 0.5) is 0 Å². The molecule has 0 aromatic heterocycles. The molecule has 0 heterocycles. The minimum absolute atomic E-state index is 0. The Bertz CT molecular complexity index is 17.6. The molecular weight excluding hydrogens is 167 g/mol. The molecule has 0 N–H and O–H groups in total. The summed E-state index contributed by atoms with van der Waals surface area (Å²) < 4.78 is 0. The van der Waals surface area contributed by atoms with Crippen LogP contribution in [-0.4, -0.2) is 23.9 Å². The van der Waals surface area contributed by atoms with E-state index in [4.69, 9.17) is 0 Å². The molecule has 0 aliphatic carbocycles. The van der Waals surface area contributed by atoms with Gasteiger partial charge in [0.05, 0.1) is 0 Å². The number of allylic oxidation sites excluding steroid dienone is 1. The molecule has 0 spiro atoms. The van der Waals surface area contributed by atoms with Gasteiger partial charge in [-0.3, -0.25) is 0 Å². The van der Waals surface area contributed by atoms with Gasteiger partial charge in [-0.05, 0) is 6.42 Å². The molecule has 0 aromatic rings. The van der Waals surface area contributed by atoms with Crippen molar-refractivity contribution in [2.75, 3.05) is 0 Å². The first-order valence-electron chi connectivity index (χ1n) is 1.52. The van der Waals surface area contributed by atoms with Crippen LogP contribution in [0.15, 0.2) is 12.7 Å². The van der Waals surface area contributed by atoms with Crippen molar-refractivity contribution >= 4 is 23.9 Å². The maximum atomic E-state index is 3.48. The summed E-state index contributed by atoms with van der Waals surface area (Å²) in [6, 6.07) is 0. The van der Waals surface area contributed by atoms with Crippen molar-refractivity contribution in [3.05, 3.63) is 12.7 Å². The molecule has 0 radical (unpaired) electrons. The van der Waals surface area contributed by atoms with Gasteiger partial charge in [0.2, 0.25) is 0 Å². The fourth-order valence-corrected chi connectivity index (χ4v) is 0. The molecule has 0 rings (SSSR count). The van der Waals surface area contributed by atoms with E-state index in [-0.39, 0.29) is 23.9 Å². The van der Waals surface area contributed by atoms with Crippen molar-refractivity contribution in [3.8, 4) is 0 Å². The Morgan fingerprint density at radius 2 is 2.00 bits per heavy atom. The van der Waals surface area contributed by atoms with Crippen LogP contribution in [0.2, 0.25) is 0 Å². The molecule has 0 nitrogen and oxygen atoms in total. The molecule has 0 saturated carbocycles. The first kappa shape index (κ1) is 9.11. The van der Waals surface area contributed by atoms with E-state index in [1.807, 2.05) is 6.08 Å². The van der Waals surface area contributed by atoms with Gasteiger partial charge in [-0.25, -0.2) is 0 Å². The maximum absolute atomic E-state index is 3.48. The molecule has 5 heavy (non-hydrogen) atoms. The van der Waals surface area contributed by atoms with Crippen molar-refractivity contribution in [2.45, 2.75) is 13.3 Å². The predicted molar refractivity (Wildman–Crippen MR) is 31.8 cm³/mol. The summed E-state index contributed by atoms with van der Waals surface area (Å²) in [5.41, 5.74) is 0. The minimum atomic E-state index is 0. The third-order valence-electron chi connectivity index (χ3n) is 0.289. The summed E-state index contributed by atoms with van der Waals surface area (Å²) >= 11 is 0. The zero-order chi connectivity index (χ0) is 3.41. The summed E-state index contributed by atoms with van der Waals surface area (Å²) in [4.78, 5) is 0. The van der Waals surface area contributed by atoms with Crippen LogP contribution in [0.25, 0.3) is 0 Å². The van der Waals surface area contributed by atoms with E-state index in [1.54, 1.807) is 0 Å². The molecule has 0 aromatic carbocycles. The summed E-state index contributed by atoms with van der Waals surface area (Å²) in [6.45, 7) is 5.54. The van der Waals surface area contributed by atoms with Crippen LogP contribution >= 0.6 is 0 Å². The Morgan fingerprint density at radius 1 is 1.80 bits per heavy atom. The van der Waals surface area contributed by atoms with Crippen LogP contribution in [0.5, 0.6) is 0 Å². The average molecular weight is 179 g/mol. The first-order chi connectivity index (χ1) is 1.91. The van der Waals surface area contributed by atoms with Gasteiger partial charge in [-0.15, -0.1) is 6.58 Å². The van der Waals surface area contributed by atoms with Crippen LogP contribution < -0.4 is 0 Å². The van der Waals surface area contributed by atoms with Gasteiger partial charge in [0, 0.05) is 0 Å². The van der Waals surface area contributed by atoms with E-state index in [2.05, 4.69) is 13.5 Å². The Kier molecular flexibility index (Phi) is 16.1. The molecule has 0 amide bonds. The molecule has 0 saturated heterocycles. The molecule has 0 aliphatic rings. The van der Waals surface area contributed by atoms with E-state index in [1.165, 1.54) is 0 Å². The zero-order valence-corrected chi connectivity index (χ0v) is 2.99. The second-order valence-corrected chi connectivity index (χ2v) is 0.697. The first-order valence-corrected chi connectivity index (χ1v) is 1.52. The Balaban J connectivity index is 0. The molecule has 32 valence electrons. The van der Waals surface area contributed by atoms with Gasteiger partial charge in [-0.1, -0.05) is 13.0 Å². The van der Waals surface area contributed by atoms with E-state index < -0.39 is 0 Å². The topological polar surface area (TPSA) is 0 Å². The van der Waals surface area contributed by atoms with Crippen LogP contribution in [-0.2, 0) is 0 Å². The quantitative estimate of drug-likeness (QED) is 0.396. The Labute approximate surface area is 50.2 Å². The SMILES string of the molecule is C=CCC.[SnH4]. The predicted octanol–water partition coefficient (Wildman–Crippen LogP) is 0.131. The normalized spacial score (nSPS) is 5.00. The van der Waals surface area contributed by atoms with E-state index in [9.17, 15) is 0 Å². The van der Waals surface area contributed by atoms with Gasteiger partial charge in [-0.2, -0.15) is 0 Å². The Hall–Kier alpha value is 0.539. The van der Waals surface area contributed by atoms with Crippen LogP contribution in [0, 0.1) is 0 Å². The van der Waals surface area contributed by atoms with Crippen LogP contribution in [0.1, 0.15) is 13.3 Å². The summed E-state index contributed by atoms with van der Waals surface area (Å²) in [7, 11) is 0. The molecule has 0 aliphatic heterocycles. The van der Waals surface area contributed by atoms with Crippen molar-refractivity contribution in [3.63, 3.8) is 0 Å². The van der Waals surface area contributed by atoms with E-state index in [0.29, 0.717) is 0 Å². The van der Waals surface area contributed by atoms with Crippen LogP contribution in [0.3, 0.4) is 0 Å². The van der Waals surface area contributed by atoms with Crippen molar-refractivity contribution in [1.82, 2.24) is 0 Å². The zero-order valence-electron chi connectivity index (χ0n) is 2.99. The number of hydrogen-bond acceptors (Lipinski definition) is 0. The monoisotopic (exact) mass is 180 g/mol. The van der Waals surface area contributed by atoms with E-state index >= 15 is 0 Å². The molecular formula is C4H12Sn. The third-order valence-corrected chi connectivity index (χ3v) is 0.289. The van der Waals surface area contributed by atoms with Gasteiger partial charge >= 0.3 is 23.9 Å². The average Bonchev–Trinajstić information content (AvgIpc) is 1.37. The third kappa shape index (κ3) is 12.4. The van der Waals surface area contributed by atoms with Crippen molar-refractivity contribution in [1.29, 1.82) is 0 Å². The summed E-state index contributed by atoms with van der Waals surface area (Å²) in [5.74, 6) is 0. The van der Waals surface area contributed by atoms with Crippen molar-refractivity contribution < 1.29 is 0 Å². The molecule has 0 atom stereocenters. The second kappa shape index (κ2) is 8.82. The number of rotatable bonds is 1. The molecule has 0 bridgehead atoms. The number of hydrogen-bond donors (Lipinski definition) is 0. The molecule has 0 unspecified atom stereocenters. The van der Waals surface area contributed by atoms with Gasteiger partial charge in [0.25, 0.3) is 0 Å². The fourth-order valence-electron chi connectivity index (χ4n) is 0.